The molecule has 2 atom stereocenters. The Bertz CT molecular complexity index is 1060. The minimum absolute atomic E-state index is 0.0230. The molecule has 35 heavy (non-hydrogen) atoms. The van der Waals surface area contributed by atoms with Crippen LogP contribution in [0.2, 0.25) is 0 Å². The fraction of sp³-hybridized carbons (Fsp3) is 0.407. The Labute approximate surface area is 205 Å². The number of carboxylic acid groups (broad SMARTS) is 1. The molecule has 0 fully saturated rings. The van der Waals surface area contributed by atoms with Crippen molar-refractivity contribution in [2.24, 2.45) is 5.92 Å². The van der Waals surface area contributed by atoms with Gasteiger partial charge in [-0.1, -0.05) is 55.5 Å². The summed E-state index contributed by atoms with van der Waals surface area (Å²) >= 11 is 0. The fourth-order valence-electron chi connectivity index (χ4n) is 4.44. The number of nitriles is 1. The van der Waals surface area contributed by atoms with Crippen molar-refractivity contribution in [3.05, 3.63) is 59.7 Å². The van der Waals surface area contributed by atoms with Crippen molar-refractivity contribution in [1.82, 2.24) is 10.2 Å². The third-order valence-corrected chi connectivity index (χ3v) is 6.31. The van der Waals surface area contributed by atoms with Gasteiger partial charge in [0.2, 0.25) is 5.91 Å². The van der Waals surface area contributed by atoms with Gasteiger partial charge in [-0.05, 0) is 41.5 Å². The SMILES string of the molecule is CC(CN(C)C(=O)C(CCCCC#N)NC(=O)OCC1c2ccccc2-c2ccccc21)C(=O)O. The number of carbonyl (C=O) groups excluding carboxylic acids is 2. The third kappa shape index (κ3) is 6.38. The molecule has 0 aromatic heterocycles. The highest BCUT2D eigenvalue weighted by Gasteiger charge is 2.30. The number of aliphatic carboxylic acids is 1. The molecule has 2 amide bonds. The van der Waals surface area contributed by atoms with Crippen molar-refractivity contribution in [1.29, 1.82) is 5.26 Å². The van der Waals surface area contributed by atoms with Gasteiger partial charge < -0.3 is 20.1 Å². The lowest BCUT2D eigenvalue weighted by Crippen LogP contribution is -2.49. The van der Waals surface area contributed by atoms with Gasteiger partial charge in [0.05, 0.1) is 12.0 Å². The zero-order chi connectivity index (χ0) is 25.4. The third-order valence-electron chi connectivity index (χ3n) is 6.31. The number of amides is 2. The Morgan fingerprint density at radius 2 is 1.69 bits per heavy atom. The van der Waals surface area contributed by atoms with Crippen molar-refractivity contribution in [2.45, 2.75) is 44.6 Å². The quantitative estimate of drug-likeness (QED) is 0.469. The van der Waals surface area contributed by atoms with Crippen LogP contribution >= 0.6 is 0 Å². The summed E-state index contributed by atoms with van der Waals surface area (Å²) in [7, 11) is 1.52. The summed E-state index contributed by atoms with van der Waals surface area (Å²) in [5, 5.41) is 20.6. The predicted molar refractivity (Wildman–Crippen MR) is 131 cm³/mol. The number of carbonyl (C=O) groups is 3. The van der Waals surface area contributed by atoms with E-state index in [1.807, 2.05) is 36.4 Å². The van der Waals surface area contributed by atoms with Crippen LogP contribution in [0.15, 0.2) is 48.5 Å². The Balaban J connectivity index is 1.65. The first-order valence-electron chi connectivity index (χ1n) is 11.8. The summed E-state index contributed by atoms with van der Waals surface area (Å²) < 4.78 is 5.58. The van der Waals surface area contributed by atoms with Crippen molar-refractivity contribution < 1.29 is 24.2 Å². The smallest absolute Gasteiger partial charge is 0.407 e. The van der Waals surface area contributed by atoms with E-state index >= 15 is 0 Å². The summed E-state index contributed by atoms with van der Waals surface area (Å²) in [5.41, 5.74) is 4.43. The molecule has 0 aliphatic heterocycles. The Kier molecular flexibility index (Phi) is 8.85. The maximum absolute atomic E-state index is 13.0. The fourth-order valence-corrected chi connectivity index (χ4v) is 4.44. The van der Waals surface area contributed by atoms with E-state index in [0.717, 1.165) is 22.3 Å². The van der Waals surface area contributed by atoms with Crippen LogP contribution in [-0.2, 0) is 14.3 Å². The first-order valence-corrected chi connectivity index (χ1v) is 11.8. The number of nitrogens with one attached hydrogen (secondary N) is 1. The van der Waals surface area contributed by atoms with E-state index in [1.165, 1.54) is 18.9 Å². The standard InChI is InChI=1S/C27H31N3O5/c1-18(26(32)33)16-30(2)25(31)24(14-4-3-9-15-28)29-27(34)35-17-23-21-12-7-5-10-19(21)20-11-6-8-13-22(20)23/h5-8,10-13,18,23-24H,3-4,9,14,16-17H2,1-2H3,(H,29,34)(H,32,33). The van der Waals surface area contributed by atoms with Gasteiger partial charge in [-0.2, -0.15) is 5.26 Å². The first kappa shape index (κ1) is 25.8. The second kappa shape index (κ2) is 12.0. The lowest BCUT2D eigenvalue weighted by Gasteiger charge is -2.26. The summed E-state index contributed by atoms with van der Waals surface area (Å²) in [6.45, 7) is 1.67. The minimum atomic E-state index is -1.00. The summed E-state index contributed by atoms with van der Waals surface area (Å²) in [4.78, 5) is 38.2. The van der Waals surface area contributed by atoms with Crippen LogP contribution in [0.25, 0.3) is 11.1 Å². The minimum Gasteiger partial charge on any atom is -0.481 e. The van der Waals surface area contributed by atoms with Crippen molar-refractivity contribution >= 4 is 18.0 Å². The molecule has 0 radical (unpaired) electrons. The molecule has 0 saturated heterocycles. The number of hydrogen-bond acceptors (Lipinski definition) is 5. The van der Waals surface area contributed by atoms with Gasteiger partial charge in [0.15, 0.2) is 0 Å². The average molecular weight is 478 g/mol. The number of rotatable bonds is 11. The summed E-state index contributed by atoms with van der Waals surface area (Å²) in [6.07, 6.45) is 1.15. The van der Waals surface area contributed by atoms with E-state index in [9.17, 15) is 14.4 Å². The molecule has 2 unspecified atom stereocenters. The molecule has 184 valence electrons. The molecule has 8 nitrogen and oxygen atoms in total. The Hall–Kier alpha value is -3.86. The van der Waals surface area contributed by atoms with Gasteiger partial charge >= 0.3 is 12.1 Å². The van der Waals surface area contributed by atoms with E-state index in [4.69, 9.17) is 15.1 Å². The normalized spacial score (nSPS) is 13.6. The van der Waals surface area contributed by atoms with Crippen molar-refractivity contribution in [3.63, 3.8) is 0 Å². The number of carboxylic acids is 1. The lowest BCUT2D eigenvalue weighted by atomic mass is 9.98. The van der Waals surface area contributed by atoms with Crippen molar-refractivity contribution in [2.75, 3.05) is 20.2 Å². The van der Waals surface area contributed by atoms with Crippen LogP contribution in [0.1, 0.15) is 49.7 Å². The van der Waals surface area contributed by atoms with E-state index in [2.05, 4.69) is 23.5 Å². The van der Waals surface area contributed by atoms with Crippen LogP contribution in [0, 0.1) is 17.2 Å². The van der Waals surface area contributed by atoms with Gasteiger partial charge in [0, 0.05) is 25.9 Å². The van der Waals surface area contributed by atoms with Crippen molar-refractivity contribution in [3.8, 4) is 17.2 Å². The Morgan fingerprint density at radius 1 is 1.09 bits per heavy atom. The molecule has 2 N–H and O–H groups in total. The number of likely N-dealkylation sites (N-methyl/N-ethyl adjacent to an activating group) is 1. The number of benzene rings is 2. The molecular weight excluding hydrogens is 446 g/mol. The predicted octanol–water partition coefficient (Wildman–Crippen LogP) is 4.16. The number of unbranched alkanes of at least 4 members (excludes halogenated alkanes) is 2. The Morgan fingerprint density at radius 3 is 2.26 bits per heavy atom. The van der Waals surface area contributed by atoms with Gasteiger partial charge in [-0.15, -0.1) is 0 Å². The van der Waals surface area contributed by atoms with Gasteiger partial charge in [0.25, 0.3) is 0 Å². The molecule has 0 heterocycles. The topological polar surface area (TPSA) is 120 Å². The highest BCUT2D eigenvalue weighted by Crippen LogP contribution is 2.44. The number of alkyl carbamates (subject to hydrolysis) is 1. The summed E-state index contributed by atoms with van der Waals surface area (Å²) in [6, 6.07) is 17.3. The zero-order valence-corrected chi connectivity index (χ0v) is 20.1. The molecule has 0 spiro atoms. The molecule has 2 aromatic carbocycles. The molecule has 8 heteroatoms. The largest absolute Gasteiger partial charge is 0.481 e. The van der Waals surface area contributed by atoms with Crippen LogP contribution in [0.4, 0.5) is 4.79 Å². The highest BCUT2D eigenvalue weighted by molar-refractivity contribution is 5.86. The summed E-state index contributed by atoms with van der Waals surface area (Å²) in [5.74, 6) is -2.22. The number of hydrogen-bond donors (Lipinski definition) is 2. The molecule has 1 aliphatic carbocycles. The highest BCUT2D eigenvalue weighted by atomic mass is 16.5. The molecule has 1 aliphatic rings. The van der Waals surface area contributed by atoms with E-state index in [0.29, 0.717) is 25.7 Å². The van der Waals surface area contributed by atoms with Gasteiger partial charge in [-0.3, -0.25) is 9.59 Å². The first-order chi connectivity index (χ1) is 16.8. The van der Waals surface area contributed by atoms with E-state index < -0.39 is 24.0 Å². The van der Waals surface area contributed by atoms with Crippen LogP contribution in [0.5, 0.6) is 0 Å². The molecule has 3 rings (SSSR count). The monoisotopic (exact) mass is 477 g/mol. The molecular formula is C27H31N3O5. The average Bonchev–Trinajstić information content (AvgIpc) is 3.17. The molecule has 2 aromatic rings. The molecule has 0 saturated carbocycles. The lowest BCUT2D eigenvalue weighted by molar-refractivity contribution is -0.143. The molecule has 0 bridgehead atoms. The van der Waals surface area contributed by atoms with E-state index in [1.54, 1.807) is 0 Å². The second-order valence-electron chi connectivity index (χ2n) is 8.88. The van der Waals surface area contributed by atoms with Gasteiger partial charge in [0.1, 0.15) is 12.6 Å². The number of ether oxygens (including phenoxy) is 1. The maximum Gasteiger partial charge on any atom is 0.407 e. The number of fused-ring (bicyclic) bond motifs is 3. The van der Waals surface area contributed by atoms with Crippen LogP contribution in [0.3, 0.4) is 0 Å². The van der Waals surface area contributed by atoms with Crippen LogP contribution < -0.4 is 5.32 Å². The van der Waals surface area contributed by atoms with E-state index in [-0.39, 0.29) is 25.0 Å². The zero-order valence-electron chi connectivity index (χ0n) is 20.1. The second-order valence-corrected chi connectivity index (χ2v) is 8.88. The maximum atomic E-state index is 13.0. The van der Waals surface area contributed by atoms with Crippen LogP contribution in [-0.4, -0.2) is 54.2 Å². The van der Waals surface area contributed by atoms with Gasteiger partial charge in [-0.25, -0.2) is 4.79 Å². The number of nitrogens with zero attached hydrogens (tertiary/aromatic N) is 2.